The van der Waals surface area contributed by atoms with Gasteiger partial charge in [0.15, 0.2) is 5.65 Å². The van der Waals surface area contributed by atoms with E-state index in [0.717, 1.165) is 41.0 Å². The number of β-amino-alcohol motifs (C(OH)–C–C–N with tert-alkyl or cyclic N) is 1. The number of sulfonamides is 1. The third-order valence-corrected chi connectivity index (χ3v) is 9.81. The molecule has 40 heavy (non-hydrogen) atoms. The molecule has 1 aliphatic carbocycles. The number of pyridine rings is 2. The summed E-state index contributed by atoms with van der Waals surface area (Å²) in [4.78, 5) is 4.61. The zero-order valence-corrected chi connectivity index (χ0v) is 23.2. The summed E-state index contributed by atoms with van der Waals surface area (Å²) in [6, 6.07) is 16.4. The minimum absolute atomic E-state index is 0.0142. The normalized spacial score (nSPS) is 20.9. The second-order valence-corrected chi connectivity index (χ2v) is 12.9. The highest BCUT2D eigenvalue weighted by Gasteiger charge is 2.45. The molecule has 4 heterocycles. The van der Waals surface area contributed by atoms with Crippen LogP contribution in [0.15, 0.2) is 65.8 Å². The number of rotatable bonds is 7. The van der Waals surface area contributed by atoms with Crippen LogP contribution in [0.5, 0.6) is 0 Å². The second kappa shape index (κ2) is 9.96. The van der Waals surface area contributed by atoms with Crippen molar-refractivity contribution in [2.45, 2.75) is 61.5 Å². The Morgan fingerprint density at radius 3 is 2.45 bits per heavy atom. The highest BCUT2D eigenvalue weighted by molar-refractivity contribution is 7.89. The standard InChI is InChI=1S/C29H31N7O3S/c1-19(2)28-34-33-27-10-5-21(16-36(27)28)20-3-7-23(8-4-20)40(38,39)35-14-11-24(25(37)17-35)32-26-9-6-22(15-31-26)29(18-30)12-13-29/h3-10,15-16,19,24-25,37H,11-14,17H2,1-2H3,(H,31,32)/t24-,25+/m1/s1. The van der Waals surface area contributed by atoms with Crippen LogP contribution in [0.2, 0.25) is 0 Å². The van der Waals surface area contributed by atoms with Crippen molar-refractivity contribution in [1.29, 1.82) is 5.26 Å². The Bertz CT molecular complexity index is 1690. The summed E-state index contributed by atoms with van der Waals surface area (Å²) in [6.45, 7) is 4.39. The van der Waals surface area contributed by atoms with Gasteiger partial charge in [-0.25, -0.2) is 13.4 Å². The Hall–Kier alpha value is -3.85. The van der Waals surface area contributed by atoms with E-state index in [2.05, 4.69) is 40.4 Å². The average molecular weight is 558 g/mol. The fraction of sp³-hybridized carbons (Fsp3) is 0.379. The molecule has 0 amide bonds. The smallest absolute Gasteiger partial charge is 0.243 e. The van der Waals surface area contributed by atoms with Crippen molar-refractivity contribution in [2.24, 2.45) is 0 Å². The Labute approximate surface area is 233 Å². The lowest BCUT2D eigenvalue weighted by Gasteiger charge is -2.35. The summed E-state index contributed by atoms with van der Waals surface area (Å²) in [7, 11) is -3.78. The van der Waals surface area contributed by atoms with E-state index < -0.39 is 21.5 Å². The molecule has 10 nitrogen and oxygen atoms in total. The molecule has 1 saturated carbocycles. The molecule has 4 aromatic rings. The third-order valence-electron chi connectivity index (χ3n) is 7.93. The molecule has 11 heteroatoms. The molecule has 6 rings (SSSR count). The highest BCUT2D eigenvalue weighted by Crippen LogP contribution is 2.47. The second-order valence-electron chi connectivity index (χ2n) is 11.0. The van der Waals surface area contributed by atoms with Crippen molar-refractivity contribution in [3.63, 3.8) is 0 Å². The maximum absolute atomic E-state index is 13.4. The zero-order chi connectivity index (χ0) is 28.1. The molecule has 0 bridgehead atoms. The summed E-state index contributed by atoms with van der Waals surface area (Å²) in [5.41, 5.74) is 3.09. The third kappa shape index (κ3) is 4.72. The molecule has 2 N–H and O–H groups in total. The van der Waals surface area contributed by atoms with Crippen molar-refractivity contribution in [3.05, 3.63) is 72.3 Å². The molecule has 0 unspecified atom stereocenters. The van der Waals surface area contributed by atoms with Crippen LogP contribution >= 0.6 is 0 Å². The van der Waals surface area contributed by atoms with Crippen LogP contribution in [-0.2, 0) is 15.4 Å². The van der Waals surface area contributed by atoms with E-state index in [0.29, 0.717) is 12.2 Å². The highest BCUT2D eigenvalue weighted by atomic mass is 32.2. The number of nitrogens with one attached hydrogen (secondary N) is 1. The number of piperidine rings is 1. The largest absolute Gasteiger partial charge is 0.390 e. The van der Waals surface area contributed by atoms with Gasteiger partial charge in [-0.15, -0.1) is 10.2 Å². The van der Waals surface area contributed by atoms with E-state index >= 15 is 0 Å². The topological polar surface area (TPSA) is 137 Å². The maximum Gasteiger partial charge on any atom is 0.243 e. The molecule has 2 atom stereocenters. The number of nitrogens with zero attached hydrogens (tertiary/aromatic N) is 6. The molecule has 0 radical (unpaired) electrons. The van der Waals surface area contributed by atoms with E-state index in [4.69, 9.17) is 0 Å². The molecule has 1 aromatic carbocycles. The van der Waals surface area contributed by atoms with Crippen molar-refractivity contribution < 1.29 is 13.5 Å². The van der Waals surface area contributed by atoms with Crippen LogP contribution in [0.4, 0.5) is 5.82 Å². The van der Waals surface area contributed by atoms with Crippen LogP contribution in [0.25, 0.3) is 16.8 Å². The van der Waals surface area contributed by atoms with Gasteiger partial charge in [0.05, 0.1) is 28.5 Å². The Morgan fingerprint density at radius 2 is 1.82 bits per heavy atom. The number of hydrogen-bond donors (Lipinski definition) is 2. The quantitative estimate of drug-likeness (QED) is 0.351. The van der Waals surface area contributed by atoms with E-state index in [-0.39, 0.29) is 29.9 Å². The minimum Gasteiger partial charge on any atom is -0.390 e. The molecule has 2 fully saturated rings. The van der Waals surface area contributed by atoms with E-state index in [1.165, 1.54) is 4.31 Å². The first-order valence-electron chi connectivity index (χ1n) is 13.5. The van der Waals surface area contributed by atoms with Crippen molar-refractivity contribution in [3.8, 4) is 17.2 Å². The predicted octanol–water partition coefficient (Wildman–Crippen LogP) is 3.71. The Kier molecular flexibility index (Phi) is 6.57. The molecular weight excluding hydrogens is 526 g/mol. The van der Waals surface area contributed by atoms with Crippen LogP contribution in [0.3, 0.4) is 0 Å². The number of nitriles is 1. The Balaban J connectivity index is 1.12. The molecular formula is C29H31N7O3S. The first-order chi connectivity index (χ1) is 19.2. The number of benzene rings is 1. The first kappa shape index (κ1) is 26.4. The lowest BCUT2D eigenvalue weighted by Crippen LogP contribution is -2.51. The number of hydrogen-bond acceptors (Lipinski definition) is 8. The van der Waals surface area contributed by atoms with Gasteiger partial charge in [-0.1, -0.05) is 32.0 Å². The lowest BCUT2D eigenvalue weighted by molar-refractivity contribution is 0.0949. The number of aliphatic hydroxyl groups excluding tert-OH is 1. The molecule has 206 valence electrons. The van der Waals surface area contributed by atoms with Crippen LogP contribution in [0.1, 0.15) is 50.4 Å². The molecule has 1 aliphatic heterocycles. The SMILES string of the molecule is CC(C)c1nnc2ccc(-c3ccc(S(=O)(=O)N4CC[C@@H](Nc5ccc(C6(C#N)CC6)cn5)[C@@H](O)C4)cc3)cn12. The van der Waals surface area contributed by atoms with Gasteiger partial charge in [-0.3, -0.25) is 4.40 Å². The van der Waals surface area contributed by atoms with Crippen LogP contribution in [0, 0.1) is 11.3 Å². The van der Waals surface area contributed by atoms with E-state index in [9.17, 15) is 18.8 Å². The molecule has 1 saturated heterocycles. The lowest BCUT2D eigenvalue weighted by atomic mass is 10.00. The van der Waals surface area contributed by atoms with Gasteiger partial charge in [-0.2, -0.15) is 9.57 Å². The molecule has 2 aliphatic rings. The number of anilines is 1. The monoisotopic (exact) mass is 557 g/mol. The first-order valence-corrected chi connectivity index (χ1v) is 14.9. The van der Waals surface area contributed by atoms with Gasteiger partial charge in [0.2, 0.25) is 10.0 Å². The average Bonchev–Trinajstić information content (AvgIpc) is 3.65. The predicted molar refractivity (Wildman–Crippen MR) is 150 cm³/mol. The van der Waals surface area contributed by atoms with E-state index in [1.54, 1.807) is 30.5 Å². The fourth-order valence-corrected chi connectivity index (χ4v) is 6.75. The van der Waals surface area contributed by atoms with Crippen LogP contribution in [-0.4, -0.2) is 62.6 Å². The zero-order valence-electron chi connectivity index (χ0n) is 22.4. The van der Waals surface area contributed by atoms with Gasteiger partial charge >= 0.3 is 0 Å². The van der Waals surface area contributed by atoms with E-state index in [1.807, 2.05) is 34.9 Å². The summed E-state index contributed by atoms with van der Waals surface area (Å²) in [5, 5.41) is 31.9. The summed E-state index contributed by atoms with van der Waals surface area (Å²) >= 11 is 0. The number of fused-ring (bicyclic) bond motifs is 1. The number of aromatic nitrogens is 4. The summed E-state index contributed by atoms with van der Waals surface area (Å²) in [5.74, 6) is 1.68. The summed E-state index contributed by atoms with van der Waals surface area (Å²) in [6.07, 6.45) is 4.92. The van der Waals surface area contributed by atoms with Gasteiger partial charge < -0.3 is 10.4 Å². The van der Waals surface area contributed by atoms with Crippen LogP contribution < -0.4 is 5.32 Å². The summed E-state index contributed by atoms with van der Waals surface area (Å²) < 4.78 is 30.1. The van der Waals surface area contributed by atoms with Gasteiger partial charge in [-0.05, 0) is 66.3 Å². The number of aliphatic hydroxyl groups is 1. The van der Waals surface area contributed by atoms with Gasteiger partial charge in [0.25, 0.3) is 0 Å². The molecule has 3 aromatic heterocycles. The van der Waals surface area contributed by atoms with Gasteiger partial charge in [0.1, 0.15) is 11.6 Å². The van der Waals surface area contributed by atoms with Crippen molar-refractivity contribution in [1.82, 2.24) is 23.9 Å². The maximum atomic E-state index is 13.4. The molecule has 0 spiro atoms. The Morgan fingerprint density at radius 1 is 1.07 bits per heavy atom. The minimum atomic E-state index is -3.78. The van der Waals surface area contributed by atoms with Crippen molar-refractivity contribution >= 4 is 21.5 Å². The fourth-order valence-electron chi connectivity index (χ4n) is 5.27. The van der Waals surface area contributed by atoms with Gasteiger partial charge in [0, 0.05) is 31.4 Å². The van der Waals surface area contributed by atoms with Crippen molar-refractivity contribution in [2.75, 3.05) is 18.4 Å².